The minimum atomic E-state index is -1.54. The second-order valence-corrected chi connectivity index (χ2v) is 6.93. The third kappa shape index (κ3) is 2.75. The van der Waals surface area contributed by atoms with Crippen LogP contribution >= 0.6 is 15.9 Å². The molecule has 0 saturated carbocycles. The Bertz CT molecular complexity index is 822. The van der Waals surface area contributed by atoms with Gasteiger partial charge in [-0.05, 0) is 30.7 Å². The van der Waals surface area contributed by atoms with Gasteiger partial charge in [0.1, 0.15) is 6.10 Å². The van der Waals surface area contributed by atoms with Crippen LogP contribution in [0.25, 0.3) is 0 Å². The van der Waals surface area contributed by atoms with Crippen molar-refractivity contribution in [1.29, 1.82) is 0 Å². The van der Waals surface area contributed by atoms with Crippen LogP contribution in [0.5, 0.6) is 0 Å². The number of carbonyl (C=O) groups is 2. The smallest absolute Gasteiger partial charge is 0.260 e. The van der Waals surface area contributed by atoms with Crippen LogP contribution in [0.4, 0.5) is 5.69 Å². The molecule has 0 spiro atoms. The lowest BCUT2D eigenvalue weighted by atomic mass is 9.82. The summed E-state index contributed by atoms with van der Waals surface area (Å²) >= 11 is 3.36. The Morgan fingerprint density at radius 3 is 2.48 bits per heavy atom. The Balaban J connectivity index is 2.21. The number of nitrogens with zero attached hydrogens (tertiary/aromatic N) is 1. The number of hydrogen-bond acceptors (Lipinski definition) is 3. The summed E-state index contributed by atoms with van der Waals surface area (Å²) in [5.41, 5.74) is 0.331. The van der Waals surface area contributed by atoms with Crippen molar-refractivity contribution < 1.29 is 14.7 Å². The van der Waals surface area contributed by atoms with E-state index in [1.54, 1.807) is 41.3 Å². The molecule has 6 heteroatoms. The molecule has 2 atom stereocenters. The predicted octanol–water partition coefficient (Wildman–Crippen LogP) is 2.88. The maximum absolute atomic E-state index is 13.3. The van der Waals surface area contributed by atoms with Crippen LogP contribution in [0.3, 0.4) is 0 Å². The van der Waals surface area contributed by atoms with Crippen molar-refractivity contribution in [3.8, 4) is 0 Å². The van der Waals surface area contributed by atoms with Gasteiger partial charge >= 0.3 is 0 Å². The third-order valence-corrected chi connectivity index (χ3v) is 5.02. The molecule has 0 unspecified atom stereocenters. The number of halogens is 1. The Morgan fingerprint density at radius 1 is 1.24 bits per heavy atom. The van der Waals surface area contributed by atoms with E-state index in [1.165, 1.54) is 6.92 Å². The number of likely N-dealkylation sites (N-methyl/N-ethyl adjacent to an activating group) is 1. The quantitative estimate of drug-likeness (QED) is 0.825. The minimum absolute atomic E-state index is 0.332. The van der Waals surface area contributed by atoms with Crippen LogP contribution in [-0.2, 0) is 15.1 Å². The summed E-state index contributed by atoms with van der Waals surface area (Å²) in [7, 11) is 0. The fourth-order valence-corrected chi connectivity index (χ4v) is 3.68. The Kier molecular flexibility index (Phi) is 4.67. The van der Waals surface area contributed by atoms with Gasteiger partial charge in [-0.15, -0.1) is 0 Å². The van der Waals surface area contributed by atoms with Crippen LogP contribution in [0.15, 0.2) is 53.0 Å². The van der Waals surface area contributed by atoms with Crippen LogP contribution in [0.2, 0.25) is 0 Å². The van der Waals surface area contributed by atoms with E-state index >= 15 is 0 Å². The molecule has 0 fully saturated rings. The molecule has 130 valence electrons. The standard InChI is InChI=1S/C19H19BrN2O3/c1-3-22-16-7-5-4-6-15(16)19(18(22)25,21-12(2)23)17(24)13-8-10-14(20)11-9-13/h4-11,17,24H,3H2,1-2H3,(H,21,23)/t17-,19-/m1/s1. The average Bonchev–Trinajstić information content (AvgIpc) is 2.83. The van der Waals surface area contributed by atoms with Gasteiger partial charge in [-0.2, -0.15) is 0 Å². The number of benzene rings is 2. The molecule has 2 N–H and O–H groups in total. The molecule has 2 aromatic carbocycles. The highest BCUT2D eigenvalue weighted by Crippen LogP contribution is 2.47. The Morgan fingerprint density at radius 2 is 1.88 bits per heavy atom. The summed E-state index contributed by atoms with van der Waals surface area (Å²) in [6.45, 7) is 3.66. The Hall–Kier alpha value is -2.18. The summed E-state index contributed by atoms with van der Waals surface area (Å²) in [6, 6.07) is 14.3. The van der Waals surface area contributed by atoms with Crippen molar-refractivity contribution in [1.82, 2.24) is 5.32 Å². The van der Waals surface area contributed by atoms with Gasteiger partial charge in [0.2, 0.25) is 5.91 Å². The van der Waals surface area contributed by atoms with Gasteiger partial charge in [-0.3, -0.25) is 9.59 Å². The monoisotopic (exact) mass is 402 g/mol. The minimum Gasteiger partial charge on any atom is -0.385 e. The number of hydrogen-bond donors (Lipinski definition) is 2. The maximum atomic E-state index is 13.3. The highest BCUT2D eigenvalue weighted by molar-refractivity contribution is 9.10. The molecule has 1 aliphatic rings. The van der Waals surface area contributed by atoms with Gasteiger partial charge in [0.15, 0.2) is 5.54 Å². The fourth-order valence-electron chi connectivity index (χ4n) is 3.42. The van der Waals surface area contributed by atoms with Crippen LogP contribution in [-0.4, -0.2) is 23.5 Å². The van der Waals surface area contributed by atoms with Crippen LogP contribution in [0, 0.1) is 0 Å². The number of amides is 2. The number of carbonyl (C=O) groups excluding carboxylic acids is 2. The summed E-state index contributed by atoms with van der Waals surface area (Å²) < 4.78 is 0.866. The first-order chi connectivity index (χ1) is 11.9. The van der Waals surface area contributed by atoms with Gasteiger partial charge in [-0.1, -0.05) is 46.3 Å². The lowest BCUT2D eigenvalue weighted by Crippen LogP contribution is -2.56. The van der Waals surface area contributed by atoms with Gasteiger partial charge in [0, 0.05) is 29.2 Å². The van der Waals surface area contributed by atoms with Crippen LogP contribution in [0.1, 0.15) is 31.1 Å². The Labute approximate surface area is 154 Å². The molecule has 0 radical (unpaired) electrons. The van der Waals surface area contributed by atoms with Crippen molar-refractivity contribution in [3.63, 3.8) is 0 Å². The highest BCUT2D eigenvalue weighted by Gasteiger charge is 2.56. The summed E-state index contributed by atoms with van der Waals surface area (Å²) in [5, 5.41) is 13.9. The van der Waals surface area contributed by atoms with Crippen molar-refractivity contribution in [3.05, 3.63) is 64.1 Å². The van der Waals surface area contributed by atoms with Crippen molar-refractivity contribution in [2.75, 3.05) is 11.4 Å². The van der Waals surface area contributed by atoms with E-state index in [-0.39, 0.29) is 11.8 Å². The largest absolute Gasteiger partial charge is 0.385 e. The van der Waals surface area contributed by atoms with Gasteiger partial charge in [-0.25, -0.2) is 0 Å². The predicted molar refractivity (Wildman–Crippen MR) is 99.1 cm³/mol. The number of nitrogens with one attached hydrogen (secondary N) is 1. The summed E-state index contributed by atoms with van der Waals surface area (Å²) in [5.74, 6) is -0.709. The molecular formula is C19H19BrN2O3. The summed E-state index contributed by atoms with van der Waals surface area (Å²) in [4.78, 5) is 26.8. The number of rotatable bonds is 4. The van der Waals surface area contributed by atoms with Gasteiger partial charge < -0.3 is 15.3 Å². The van der Waals surface area contributed by atoms with Gasteiger partial charge in [0.05, 0.1) is 0 Å². The zero-order valence-electron chi connectivity index (χ0n) is 14.0. The number of aliphatic hydroxyl groups excluding tert-OH is 1. The van der Waals surface area contributed by atoms with E-state index < -0.39 is 11.6 Å². The number of para-hydroxylation sites is 1. The van der Waals surface area contributed by atoms with Crippen molar-refractivity contribution in [2.45, 2.75) is 25.5 Å². The molecule has 0 bridgehead atoms. The van der Waals surface area contributed by atoms with E-state index in [2.05, 4.69) is 21.2 Å². The zero-order chi connectivity index (χ0) is 18.2. The SMILES string of the molecule is CCN1C(=O)[C@](NC(C)=O)([C@H](O)c2ccc(Br)cc2)c2ccccc21. The molecule has 1 aliphatic heterocycles. The lowest BCUT2D eigenvalue weighted by Gasteiger charge is -2.34. The van der Waals surface area contributed by atoms with Gasteiger partial charge in [0.25, 0.3) is 5.91 Å². The molecule has 0 aliphatic carbocycles. The number of anilines is 1. The molecule has 1 heterocycles. The van der Waals surface area contributed by atoms with E-state index in [9.17, 15) is 14.7 Å². The number of fused-ring (bicyclic) bond motifs is 1. The molecule has 0 saturated heterocycles. The second kappa shape index (κ2) is 6.61. The molecule has 5 nitrogen and oxygen atoms in total. The molecule has 2 aromatic rings. The van der Waals surface area contributed by atoms with Crippen molar-refractivity contribution in [2.24, 2.45) is 0 Å². The molecule has 2 amide bonds. The molecule has 25 heavy (non-hydrogen) atoms. The third-order valence-electron chi connectivity index (χ3n) is 4.49. The van der Waals surface area contributed by atoms with E-state index in [4.69, 9.17) is 0 Å². The van der Waals surface area contributed by atoms with E-state index in [0.29, 0.717) is 23.4 Å². The van der Waals surface area contributed by atoms with E-state index in [1.807, 2.05) is 19.1 Å². The molecular weight excluding hydrogens is 384 g/mol. The zero-order valence-corrected chi connectivity index (χ0v) is 15.6. The molecule has 0 aromatic heterocycles. The average molecular weight is 403 g/mol. The first kappa shape index (κ1) is 17.6. The first-order valence-corrected chi connectivity index (χ1v) is 8.85. The van der Waals surface area contributed by atoms with Crippen molar-refractivity contribution >= 4 is 33.4 Å². The normalized spacial score (nSPS) is 20.3. The lowest BCUT2D eigenvalue weighted by molar-refractivity contribution is -0.136. The fraction of sp³-hybridized carbons (Fsp3) is 0.263. The van der Waals surface area contributed by atoms with E-state index in [0.717, 1.165) is 4.47 Å². The topological polar surface area (TPSA) is 69.6 Å². The maximum Gasteiger partial charge on any atom is 0.260 e. The second-order valence-electron chi connectivity index (χ2n) is 6.01. The molecule has 3 rings (SSSR count). The summed E-state index contributed by atoms with van der Waals surface area (Å²) in [6.07, 6.45) is -1.21. The highest BCUT2D eigenvalue weighted by atomic mass is 79.9. The van der Waals surface area contributed by atoms with Crippen LogP contribution < -0.4 is 10.2 Å². The first-order valence-electron chi connectivity index (χ1n) is 8.05. The number of aliphatic hydroxyl groups is 1.